The molecule has 0 N–H and O–H groups in total. The summed E-state index contributed by atoms with van der Waals surface area (Å²) < 4.78 is 0. The Morgan fingerprint density at radius 2 is 0.800 bits per heavy atom. The predicted octanol–water partition coefficient (Wildman–Crippen LogP) is 12.3. The van der Waals surface area contributed by atoms with E-state index in [1.165, 1.54) is 27.8 Å². The monoisotopic (exact) mass is 643 g/mol. The summed E-state index contributed by atoms with van der Waals surface area (Å²) in [6.07, 6.45) is 0. The van der Waals surface area contributed by atoms with Crippen molar-refractivity contribution >= 4 is 10.8 Å². The van der Waals surface area contributed by atoms with Crippen LogP contribution < -0.4 is 0 Å². The van der Waals surface area contributed by atoms with Gasteiger partial charge < -0.3 is 0 Å². The van der Waals surface area contributed by atoms with Crippen LogP contribution in [0.25, 0.3) is 78.3 Å². The van der Waals surface area contributed by atoms with Crippen molar-refractivity contribution in [2.45, 2.75) is 26.2 Å². The smallest absolute Gasteiger partial charge is 0.165 e. The van der Waals surface area contributed by atoms with Crippen LogP contribution in [-0.4, -0.2) is 15.0 Å². The zero-order valence-electron chi connectivity index (χ0n) is 28.5. The van der Waals surface area contributed by atoms with E-state index in [9.17, 15) is 0 Å². The van der Waals surface area contributed by atoms with Crippen molar-refractivity contribution in [3.05, 3.63) is 175 Å². The van der Waals surface area contributed by atoms with Crippen LogP contribution in [0.2, 0.25) is 0 Å². The molecule has 0 fully saturated rings. The summed E-state index contributed by atoms with van der Waals surface area (Å²) in [4.78, 5) is 15.2. The van der Waals surface area contributed by atoms with Gasteiger partial charge in [-0.25, -0.2) is 15.0 Å². The maximum Gasteiger partial charge on any atom is 0.165 e. The fourth-order valence-electron chi connectivity index (χ4n) is 6.75. The number of rotatable bonds is 6. The van der Waals surface area contributed by atoms with Crippen LogP contribution in [0.1, 0.15) is 26.3 Å². The quantitative estimate of drug-likeness (QED) is 0.181. The summed E-state index contributed by atoms with van der Waals surface area (Å²) in [6.45, 7) is 6.82. The van der Waals surface area contributed by atoms with Crippen LogP contribution in [-0.2, 0) is 5.41 Å². The number of benzene rings is 7. The van der Waals surface area contributed by atoms with Gasteiger partial charge in [0.2, 0.25) is 0 Å². The lowest BCUT2D eigenvalue weighted by molar-refractivity contribution is 0.592. The third-order valence-corrected chi connectivity index (χ3v) is 9.31. The molecule has 0 aliphatic carbocycles. The molecule has 1 heterocycles. The highest BCUT2D eigenvalue weighted by atomic mass is 15.0. The highest BCUT2D eigenvalue weighted by Crippen LogP contribution is 2.39. The van der Waals surface area contributed by atoms with E-state index < -0.39 is 0 Å². The standard InChI is InChI=1S/C47H37N3/c1-47(2,3)42-21-13-12-19-39(42)35-26-22-32(23-27-35)33-24-28-36(29-25-33)41-31-30-34-14-10-11-20-40(34)43(41)46-49-44(37-15-6-4-7-16-37)48-45(50-46)38-17-8-5-9-18-38/h4-31H,1-3H3. The number of hydrogen-bond acceptors (Lipinski definition) is 3. The van der Waals surface area contributed by atoms with Gasteiger partial charge in [-0.1, -0.05) is 191 Å². The lowest BCUT2D eigenvalue weighted by Gasteiger charge is -2.23. The summed E-state index contributed by atoms with van der Waals surface area (Å²) in [6, 6.07) is 59.6. The van der Waals surface area contributed by atoms with E-state index in [1.54, 1.807) is 0 Å². The van der Waals surface area contributed by atoms with Gasteiger partial charge in [0.15, 0.2) is 17.5 Å². The van der Waals surface area contributed by atoms with E-state index in [2.05, 4.69) is 130 Å². The molecule has 50 heavy (non-hydrogen) atoms. The van der Waals surface area contributed by atoms with Crippen LogP contribution in [0.5, 0.6) is 0 Å². The van der Waals surface area contributed by atoms with E-state index in [4.69, 9.17) is 15.0 Å². The van der Waals surface area contributed by atoms with E-state index in [0.29, 0.717) is 17.5 Å². The molecule has 0 atom stereocenters. The average molecular weight is 644 g/mol. The Balaban J connectivity index is 1.22. The van der Waals surface area contributed by atoms with Crippen LogP contribution in [0.3, 0.4) is 0 Å². The van der Waals surface area contributed by atoms with Crippen molar-refractivity contribution in [2.75, 3.05) is 0 Å². The van der Waals surface area contributed by atoms with Gasteiger partial charge in [-0.2, -0.15) is 0 Å². The first-order valence-corrected chi connectivity index (χ1v) is 17.1. The van der Waals surface area contributed by atoms with Gasteiger partial charge in [0.1, 0.15) is 0 Å². The molecule has 0 spiro atoms. The van der Waals surface area contributed by atoms with Gasteiger partial charge in [0.05, 0.1) is 0 Å². The first-order valence-electron chi connectivity index (χ1n) is 17.1. The van der Waals surface area contributed by atoms with Crippen LogP contribution in [0.15, 0.2) is 170 Å². The van der Waals surface area contributed by atoms with E-state index >= 15 is 0 Å². The maximum atomic E-state index is 5.13. The molecule has 0 radical (unpaired) electrons. The SMILES string of the molecule is CC(C)(C)c1ccccc1-c1ccc(-c2ccc(-c3ccc4ccccc4c3-c3nc(-c4ccccc4)nc(-c4ccccc4)n3)cc2)cc1. The van der Waals surface area contributed by atoms with Crippen molar-refractivity contribution in [3.8, 4) is 67.5 Å². The highest BCUT2D eigenvalue weighted by molar-refractivity contribution is 6.03. The molecule has 3 nitrogen and oxygen atoms in total. The van der Waals surface area contributed by atoms with Gasteiger partial charge >= 0.3 is 0 Å². The Hall–Kier alpha value is -6.19. The summed E-state index contributed by atoms with van der Waals surface area (Å²) >= 11 is 0. The highest BCUT2D eigenvalue weighted by Gasteiger charge is 2.20. The maximum absolute atomic E-state index is 5.13. The predicted molar refractivity (Wildman–Crippen MR) is 209 cm³/mol. The van der Waals surface area contributed by atoms with Crippen LogP contribution in [0.4, 0.5) is 0 Å². The van der Waals surface area contributed by atoms with Crippen LogP contribution in [0, 0.1) is 0 Å². The van der Waals surface area contributed by atoms with Gasteiger partial charge in [0, 0.05) is 16.7 Å². The van der Waals surface area contributed by atoms with E-state index in [1.807, 2.05) is 60.7 Å². The summed E-state index contributed by atoms with van der Waals surface area (Å²) in [5.41, 5.74) is 11.4. The fourth-order valence-corrected chi connectivity index (χ4v) is 6.75. The molecular weight excluding hydrogens is 607 g/mol. The first kappa shape index (κ1) is 31.1. The second-order valence-electron chi connectivity index (χ2n) is 13.7. The third-order valence-electron chi connectivity index (χ3n) is 9.31. The van der Waals surface area contributed by atoms with Gasteiger partial charge in [-0.15, -0.1) is 0 Å². The third kappa shape index (κ3) is 6.10. The van der Waals surface area contributed by atoms with E-state index in [-0.39, 0.29) is 5.41 Å². The molecular formula is C47H37N3. The Morgan fingerprint density at radius 3 is 1.38 bits per heavy atom. The van der Waals surface area contributed by atoms with Crippen molar-refractivity contribution in [1.29, 1.82) is 0 Å². The lowest BCUT2D eigenvalue weighted by atomic mass is 9.82. The molecule has 240 valence electrons. The average Bonchev–Trinajstić information content (AvgIpc) is 3.18. The van der Waals surface area contributed by atoms with Gasteiger partial charge in [-0.3, -0.25) is 0 Å². The minimum atomic E-state index is 0.0697. The molecule has 0 aliphatic heterocycles. The largest absolute Gasteiger partial charge is 0.208 e. The zero-order valence-corrected chi connectivity index (χ0v) is 28.5. The summed E-state index contributed by atoms with van der Waals surface area (Å²) in [7, 11) is 0. The molecule has 1 aromatic heterocycles. The van der Waals surface area contributed by atoms with Crippen molar-refractivity contribution < 1.29 is 0 Å². The second kappa shape index (κ2) is 13.0. The number of aromatic nitrogens is 3. The molecule has 8 rings (SSSR count). The number of fused-ring (bicyclic) bond motifs is 1. The lowest BCUT2D eigenvalue weighted by Crippen LogP contribution is -2.12. The first-order chi connectivity index (χ1) is 24.4. The number of nitrogens with zero attached hydrogens (tertiary/aromatic N) is 3. The Labute approximate surface area is 294 Å². The molecule has 0 saturated heterocycles. The second-order valence-corrected chi connectivity index (χ2v) is 13.7. The molecule has 0 unspecified atom stereocenters. The zero-order chi connectivity index (χ0) is 34.1. The van der Waals surface area contributed by atoms with Crippen LogP contribution >= 0.6 is 0 Å². The van der Waals surface area contributed by atoms with Crippen molar-refractivity contribution in [2.24, 2.45) is 0 Å². The van der Waals surface area contributed by atoms with Gasteiger partial charge in [-0.05, 0) is 55.1 Å². The number of hydrogen-bond donors (Lipinski definition) is 0. The topological polar surface area (TPSA) is 38.7 Å². The molecule has 8 aromatic rings. The van der Waals surface area contributed by atoms with Gasteiger partial charge in [0.25, 0.3) is 0 Å². The minimum Gasteiger partial charge on any atom is -0.208 e. The molecule has 0 aliphatic rings. The normalized spacial score (nSPS) is 11.5. The fraction of sp³-hybridized carbons (Fsp3) is 0.0851. The van der Waals surface area contributed by atoms with Crippen molar-refractivity contribution in [3.63, 3.8) is 0 Å². The molecule has 7 aromatic carbocycles. The molecule has 0 amide bonds. The molecule has 0 saturated carbocycles. The Morgan fingerprint density at radius 1 is 0.340 bits per heavy atom. The summed E-state index contributed by atoms with van der Waals surface area (Å²) in [5.74, 6) is 1.95. The Kier molecular flexibility index (Phi) is 8.10. The minimum absolute atomic E-state index is 0.0697. The summed E-state index contributed by atoms with van der Waals surface area (Å²) in [5, 5.41) is 2.24. The molecule has 0 bridgehead atoms. The Bertz CT molecular complexity index is 2370. The van der Waals surface area contributed by atoms with Crippen molar-refractivity contribution in [1.82, 2.24) is 15.0 Å². The van der Waals surface area contributed by atoms with E-state index in [0.717, 1.165) is 38.6 Å². The molecule has 3 heteroatoms.